The van der Waals surface area contributed by atoms with Crippen molar-refractivity contribution in [1.29, 1.82) is 0 Å². The smallest absolute Gasteiger partial charge is 0.326 e. The molecule has 0 bridgehead atoms. The molecular formula is C29H24N6O6. The van der Waals surface area contributed by atoms with Crippen LogP contribution in [0.3, 0.4) is 0 Å². The summed E-state index contributed by atoms with van der Waals surface area (Å²) in [4.78, 5) is 53.1. The minimum Gasteiger partial charge on any atom is -0.494 e. The van der Waals surface area contributed by atoms with Crippen LogP contribution in [0.4, 0.5) is 16.2 Å². The summed E-state index contributed by atoms with van der Waals surface area (Å²) in [6.07, 6.45) is 2.14. The maximum Gasteiger partial charge on any atom is 0.326 e. The first kappa shape index (κ1) is 26.8. The summed E-state index contributed by atoms with van der Waals surface area (Å²) in [6, 6.07) is 17.9. The van der Waals surface area contributed by atoms with Gasteiger partial charge in [-0.2, -0.15) is 0 Å². The van der Waals surface area contributed by atoms with Crippen LogP contribution < -0.4 is 16.0 Å². The Morgan fingerprint density at radius 2 is 1.78 bits per heavy atom. The van der Waals surface area contributed by atoms with Gasteiger partial charge in [0.1, 0.15) is 5.70 Å². The average Bonchev–Trinajstić information content (AvgIpc) is 3.44. The molecular weight excluding hydrogens is 528 g/mol. The number of imide groups is 1. The second-order valence-corrected chi connectivity index (χ2v) is 9.28. The van der Waals surface area contributed by atoms with Crippen LogP contribution >= 0.6 is 0 Å². The van der Waals surface area contributed by atoms with E-state index in [0.29, 0.717) is 52.0 Å². The molecule has 0 aliphatic carbocycles. The van der Waals surface area contributed by atoms with Crippen LogP contribution in [0.25, 0.3) is 17.0 Å². The third kappa shape index (κ3) is 5.96. The van der Waals surface area contributed by atoms with Crippen molar-refractivity contribution in [2.75, 3.05) is 6.54 Å². The van der Waals surface area contributed by atoms with Gasteiger partial charge in [-0.15, -0.1) is 0 Å². The van der Waals surface area contributed by atoms with Crippen LogP contribution in [0.1, 0.15) is 29.2 Å². The van der Waals surface area contributed by atoms with Gasteiger partial charge in [0, 0.05) is 42.1 Å². The van der Waals surface area contributed by atoms with E-state index >= 15 is 0 Å². The molecule has 1 aliphatic rings. The Kier molecular flexibility index (Phi) is 7.29. The second-order valence-electron chi connectivity index (χ2n) is 9.28. The van der Waals surface area contributed by atoms with Crippen LogP contribution in [0.2, 0.25) is 0 Å². The second kappa shape index (κ2) is 11.1. The number of nitrogens with zero attached hydrogens (tertiary/aromatic N) is 2. The molecule has 5 N–H and O–H groups in total. The number of hydrogen-bond acceptors (Lipinski definition) is 7. The van der Waals surface area contributed by atoms with Gasteiger partial charge in [-0.1, -0.05) is 36.4 Å². The van der Waals surface area contributed by atoms with Crippen molar-refractivity contribution in [2.24, 2.45) is 4.99 Å². The number of aromatic amines is 1. The minimum atomic E-state index is -0.591. The third-order valence-electron chi connectivity index (χ3n) is 6.39. The SMILES string of the molecule is CC(=O)NCCc1ccc(C(=Nc2ccc(C=C3NC(=O)NC3=O)cc2)c2c(O)[nH]c3ccc([N+](=O)[O-])cc23)cc1. The van der Waals surface area contributed by atoms with Crippen LogP contribution in [-0.4, -0.2) is 45.1 Å². The van der Waals surface area contributed by atoms with Crippen molar-refractivity contribution < 1.29 is 24.4 Å². The zero-order valence-electron chi connectivity index (χ0n) is 21.7. The summed E-state index contributed by atoms with van der Waals surface area (Å²) < 4.78 is 0. The van der Waals surface area contributed by atoms with E-state index in [4.69, 9.17) is 4.99 Å². The lowest BCUT2D eigenvalue weighted by atomic mass is 9.98. The van der Waals surface area contributed by atoms with Gasteiger partial charge in [0.15, 0.2) is 5.88 Å². The number of non-ortho nitro benzene ring substituents is 1. The summed E-state index contributed by atoms with van der Waals surface area (Å²) in [5.74, 6) is -0.833. The minimum absolute atomic E-state index is 0.113. The number of carbonyl (C=O) groups excluding carboxylic acids is 3. The van der Waals surface area contributed by atoms with Crippen LogP contribution in [0.15, 0.2) is 77.4 Å². The summed E-state index contributed by atoms with van der Waals surface area (Å²) in [6.45, 7) is 1.94. The van der Waals surface area contributed by atoms with Gasteiger partial charge in [-0.3, -0.25) is 25.0 Å². The topological polar surface area (TPSA) is 179 Å². The molecule has 1 saturated heterocycles. The van der Waals surface area contributed by atoms with Gasteiger partial charge in [0.05, 0.1) is 21.9 Å². The van der Waals surface area contributed by atoms with Crippen molar-refractivity contribution in [2.45, 2.75) is 13.3 Å². The first-order valence-electron chi connectivity index (χ1n) is 12.5. The quantitative estimate of drug-likeness (QED) is 0.0729. The summed E-state index contributed by atoms with van der Waals surface area (Å²) in [5.41, 5.74) is 3.93. The van der Waals surface area contributed by atoms with Crippen LogP contribution in [0.5, 0.6) is 5.88 Å². The van der Waals surface area contributed by atoms with Gasteiger partial charge in [0.25, 0.3) is 11.6 Å². The average molecular weight is 553 g/mol. The molecule has 1 aromatic heterocycles. The number of benzene rings is 3. The number of H-pyrrole nitrogens is 1. The van der Waals surface area contributed by atoms with Gasteiger partial charge < -0.3 is 20.7 Å². The Hall–Kier alpha value is -5.78. The maximum atomic E-state index is 11.8. The number of nitrogens with one attached hydrogen (secondary N) is 4. The highest BCUT2D eigenvalue weighted by molar-refractivity contribution is 6.22. The Bertz CT molecular complexity index is 1750. The predicted molar refractivity (Wildman–Crippen MR) is 152 cm³/mol. The van der Waals surface area contributed by atoms with Crippen molar-refractivity contribution in [3.8, 4) is 5.88 Å². The molecule has 1 fully saturated rings. The van der Waals surface area contributed by atoms with Crippen molar-refractivity contribution in [3.63, 3.8) is 0 Å². The van der Waals surface area contributed by atoms with Crippen molar-refractivity contribution in [1.82, 2.24) is 20.9 Å². The van der Waals surface area contributed by atoms with E-state index in [1.165, 1.54) is 31.2 Å². The number of amides is 4. The Balaban J connectivity index is 1.56. The number of nitro benzene ring substituents is 1. The Morgan fingerprint density at radius 1 is 1.05 bits per heavy atom. The number of aliphatic imine (C=N–C) groups is 1. The molecule has 41 heavy (non-hydrogen) atoms. The van der Waals surface area contributed by atoms with Crippen molar-refractivity contribution in [3.05, 3.63) is 105 Å². The van der Waals surface area contributed by atoms with E-state index in [0.717, 1.165) is 5.56 Å². The highest BCUT2D eigenvalue weighted by atomic mass is 16.6. The normalized spacial score (nSPS) is 14.3. The molecule has 0 unspecified atom stereocenters. The number of aromatic hydroxyl groups is 1. The fourth-order valence-electron chi connectivity index (χ4n) is 4.42. The Labute approximate surface area is 233 Å². The molecule has 12 heteroatoms. The molecule has 206 valence electrons. The van der Waals surface area contributed by atoms with Crippen LogP contribution in [-0.2, 0) is 16.0 Å². The number of carbonyl (C=O) groups is 3. The molecule has 2 heterocycles. The summed E-state index contributed by atoms with van der Waals surface area (Å²) in [7, 11) is 0. The van der Waals surface area contributed by atoms with E-state index in [2.05, 4.69) is 20.9 Å². The van der Waals surface area contributed by atoms with Crippen LogP contribution in [0, 0.1) is 10.1 Å². The summed E-state index contributed by atoms with van der Waals surface area (Å²) in [5, 5.41) is 30.2. The van der Waals surface area contributed by atoms with E-state index in [9.17, 15) is 29.6 Å². The number of urea groups is 1. The molecule has 0 saturated carbocycles. The monoisotopic (exact) mass is 552 g/mol. The molecule has 12 nitrogen and oxygen atoms in total. The predicted octanol–water partition coefficient (Wildman–Crippen LogP) is 3.81. The molecule has 0 spiro atoms. The molecule has 3 aromatic carbocycles. The highest BCUT2D eigenvalue weighted by Gasteiger charge is 2.23. The fraction of sp³-hybridized carbons (Fsp3) is 0.103. The number of hydrogen-bond donors (Lipinski definition) is 5. The fourth-order valence-corrected chi connectivity index (χ4v) is 4.42. The Morgan fingerprint density at radius 3 is 2.41 bits per heavy atom. The molecule has 0 radical (unpaired) electrons. The van der Waals surface area contributed by atoms with E-state index in [-0.39, 0.29) is 23.2 Å². The first-order valence-corrected chi connectivity index (χ1v) is 12.5. The third-order valence-corrected chi connectivity index (χ3v) is 6.39. The molecule has 4 aromatic rings. The van der Waals surface area contributed by atoms with E-state index in [1.807, 2.05) is 24.3 Å². The highest BCUT2D eigenvalue weighted by Crippen LogP contribution is 2.34. The van der Waals surface area contributed by atoms with Gasteiger partial charge in [-0.05, 0) is 41.8 Å². The maximum absolute atomic E-state index is 11.8. The lowest BCUT2D eigenvalue weighted by Crippen LogP contribution is -2.22. The van der Waals surface area contributed by atoms with Gasteiger partial charge in [0.2, 0.25) is 5.91 Å². The standard InChI is InChI=1S/C29H24N6O6/c1-16(36)30-13-12-17-2-6-19(7-3-17)26(25-22-15-21(35(40)41)10-11-23(22)32-28(25)38)31-20-8-4-18(5-9-20)14-24-27(37)34-29(39)33-24/h2-11,14-15,32,38H,12-13H2,1H3,(H,30,36)(H2,33,34,37,39). The number of aromatic nitrogens is 1. The summed E-state index contributed by atoms with van der Waals surface area (Å²) >= 11 is 0. The van der Waals surface area contributed by atoms with Gasteiger partial charge >= 0.3 is 6.03 Å². The zero-order valence-corrected chi connectivity index (χ0v) is 21.7. The molecule has 4 amide bonds. The molecule has 0 atom stereocenters. The van der Waals surface area contributed by atoms with E-state index in [1.54, 1.807) is 24.3 Å². The number of rotatable bonds is 8. The van der Waals surface area contributed by atoms with Crippen molar-refractivity contribution >= 4 is 51.9 Å². The lowest BCUT2D eigenvalue weighted by Gasteiger charge is -2.10. The molecule has 1 aliphatic heterocycles. The largest absolute Gasteiger partial charge is 0.494 e. The van der Waals surface area contributed by atoms with E-state index < -0.39 is 16.9 Å². The molecule has 5 rings (SSSR count). The number of fused-ring (bicyclic) bond motifs is 1. The zero-order chi connectivity index (χ0) is 29.1. The lowest BCUT2D eigenvalue weighted by molar-refractivity contribution is -0.384. The van der Waals surface area contributed by atoms with Gasteiger partial charge in [-0.25, -0.2) is 9.79 Å². The first-order chi connectivity index (χ1) is 19.7. The number of nitro groups is 1.